The number of carbonyl (C=O) groups excluding carboxylic acids is 1. The van der Waals surface area contributed by atoms with Gasteiger partial charge in [0.15, 0.2) is 5.82 Å². The molecule has 1 aliphatic carbocycles. The maximum Gasteiger partial charge on any atom is 0.342 e. The fourth-order valence-electron chi connectivity index (χ4n) is 2.91. The van der Waals surface area contributed by atoms with Gasteiger partial charge < -0.3 is 9.30 Å². The van der Waals surface area contributed by atoms with Crippen molar-refractivity contribution in [2.75, 3.05) is 6.61 Å². The van der Waals surface area contributed by atoms with Crippen LogP contribution in [0, 0.1) is 12.7 Å². The number of hydrogen-bond acceptors (Lipinski definition) is 2. The molecular formula is C17H18FNO2. The zero-order valence-corrected chi connectivity index (χ0v) is 12.2. The van der Waals surface area contributed by atoms with Gasteiger partial charge in [-0.1, -0.05) is 30.3 Å². The smallest absolute Gasteiger partial charge is 0.342 e. The van der Waals surface area contributed by atoms with Crippen LogP contribution in [0.2, 0.25) is 0 Å². The second-order valence-corrected chi connectivity index (χ2v) is 5.43. The van der Waals surface area contributed by atoms with E-state index in [2.05, 4.69) is 0 Å². The Morgan fingerprint density at radius 3 is 2.57 bits per heavy atom. The molecule has 110 valence electrons. The van der Waals surface area contributed by atoms with Gasteiger partial charge in [-0.3, -0.25) is 0 Å². The molecule has 1 saturated carbocycles. The first-order valence-corrected chi connectivity index (χ1v) is 7.20. The van der Waals surface area contributed by atoms with Crippen molar-refractivity contribution in [3.63, 3.8) is 0 Å². The van der Waals surface area contributed by atoms with Gasteiger partial charge in [0.2, 0.25) is 0 Å². The SMILES string of the molecule is CCOC(=O)c1cn(C2(c3ccccc3)CC2)c(C)c1F. The van der Waals surface area contributed by atoms with E-state index in [1.165, 1.54) is 0 Å². The van der Waals surface area contributed by atoms with Crippen LogP contribution in [0.4, 0.5) is 4.39 Å². The molecule has 0 atom stereocenters. The number of esters is 1. The molecule has 1 aliphatic rings. The molecule has 1 aromatic heterocycles. The second-order valence-electron chi connectivity index (χ2n) is 5.43. The van der Waals surface area contributed by atoms with Gasteiger partial charge in [0, 0.05) is 6.20 Å². The molecule has 1 fully saturated rings. The molecule has 0 amide bonds. The highest BCUT2D eigenvalue weighted by atomic mass is 19.1. The summed E-state index contributed by atoms with van der Waals surface area (Å²) >= 11 is 0. The monoisotopic (exact) mass is 287 g/mol. The van der Waals surface area contributed by atoms with Crippen LogP contribution in [-0.4, -0.2) is 17.1 Å². The van der Waals surface area contributed by atoms with E-state index in [-0.39, 0.29) is 17.7 Å². The van der Waals surface area contributed by atoms with Crippen LogP contribution in [0.25, 0.3) is 0 Å². The molecular weight excluding hydrogens is 269 g/mol. The highest BCUT2D eigenvalue weighted by molar-refractivity contribution is 5.90. The summed E-state index contributed by atoms with van der Waals surface area (Å²) in [5.41, 5.74) is 1.45. The molecule has 2 aromatic rings. The number of ether oxygens (including phenoxy) is 1. The van der Waals surface area contributed by atoms with Crippen LogP contribution in [0.15, 0.2) is 36.5 Å². The Bertz CT molecular complexity index is 672. The predicted molar refractivity (Wildman–Crippen MR) is 77.8 cm³/mol. The minimum Gasteiger partial charge on any atom is -0.462 e. The van der Waals surface area contributed by atoms with E-state index >= 15 is 0 Å². The number of rotatable bonds is 4. The molecule has 0 saturated heterocycles. The highest BCUT2D eigenvalue weighted by Crippen LogP contribution is 2.50. The topological polar surface area (TPSA) is 31.2 Å². The summed E-state index contributed by atoms with van der Waals surface area (Å²) in [5, 5.41) is 0. The normalized spacial score (nSPS) is 15.8. The predicted octanol–water partition coefficient (Wildman–Crippen LogP) is 3.65. The van der Waals surface area contributed by atoms with Crippen molar-refractivity contribution in [1.29, 1.82) is 0 Å². The largest absolute Gasteiger partial charge is 0.462 e. The molecule has 4 heteroatoms. The highest BCUT2D eigenvalue weighted by Gasteiger charge is 2.47. The van der Waals surface area contributed by atoms with Crippen molar-refractivity contribution in [2.24, 2.45) is 0 Å². The Kier molecular flexibility index (Phi) is 3.32. The van der Waals surface area contributed by atoms with Gasteiger partial charge in [-0.25, -0.2) is 9.18 Å². The van der Waals surface area contributed by atoms with Gasteiger partial charge in [0.1, 0.15) is 5.56 Å². The fourth-order valence-corrected chi connectivity index (χ4v) is 2.91. The van der Waals surface area contributed by atoms with E-state index in [9.17, 15) is 9.18 Å². The molecule has 0 N–H and O–H groups in total. The number of aromatic nitrogens is 1. The van der Waals surface area contributed by atoms with Crippen LogP contribution < -0.4 is 0 Å². The third kappa shape index (κ3) is 2.15. The summed E-state index contributed by atoms with van der Waals surface area (Å²) in [5.74, 6) is -1.07. The van der Waals surface area contributed by atoms with Gasteiger partial charge in [0.25, 0.3) is 0 Å². The molecule has 1 heterocycles. The number of benzene rings is 1. The summed E-state index contributed by atoms with van der Waals surface area (Å²) in [4.78, 5) is 11.8. The quantitative estimate of drug-likeness (QED) is 0.804. The van der Waals surface area contributed by atoms with Gasteiger partial charge in [-0.15, -0.1) is 0 Å². The van der Waals surface area contributed by atoms with Crippen LogP contribution in [0.1, 0.15) is 41.4 Å². The fraction of sp³-hybridized carbons (Fsp3) is 0.353. The lowest BCUT2D eigenvalue weighted by molar-refractivity contribution is 0.0521. The average Bonchev–Trinajstić information content (AvgIpc) is 3.24. The number of halogens is 1. The van der Waals surface area contributed by atoms with E-state index in [0.29, 0.717) is 5.69 Å². The van der Waals surface area contributed by atoms with E-state index in [1.54, 1.807) is 20.0 Å². The minimum absolute atomic E-state index is 0.0246. The Labute approximate surface area is 123 Å². The summed E-state index contributed by atoms with van der Waals surface area (Å²) in [7, 11) is 0. The van der Waals surface area contributed by atoms with Crippen molar-refractivity contribution < 1.29 is 13.9 Å². The molecule has 0 radical (unpaired) electrons. The first kappa shape index (κ1) is 13.9. The summed E-state index contributed by atoms with van der Waals surface area (Å²) < 4.78 is 21.2. The number of nitrogens with zero attached hydrogens (tertiary/aromatic N) is 1. The molecule has 0 spiro atoms. The number of carbonyl (C=O) groups is 1. The second kappa shape index (κ2) is 5.02. The van der Waals surface area contributed by atoms with Crippen LogP contribution >= 0.6 is 0 Å². The van der Waals surface area contributed by atoms with Gasteiger partial charge in [-0.05, 0) is 32.3 Å². The molecule has 1 aromatic carbocycles. The minimum atomic E-state index is -0.597. The van der Waals surface area contributed by atoms with E-state index in [1.807, 2.05) is 34.9 Å². The van der Waals surface area contributed by atoms with E-state index < -0.39 is 11.8 Å². The first-order valence-electron chi connectivity index (χ1n) is 7.20. The zero-order valence-electron chi connectivity index (χ0n) is 12.2. The van der Waals surface area contributed by atoms with Crippen LogP contribution in [0.3, 0.4) is 0 Å². The van der Waals surface area contributed by atoms with E-state index in [0.717, 1.165) is 18.4 Å². The van der Waals surface area contributed by atoms with Gasteiger partial charge >= 0.3 is 5.97 Å². The lowest BCUT2D eigenvalue weighted by atomic mass is 10.0. The van der Waals surface area contributed by atoms with Crippen LogP contribution in [-0.2, 0) is 10.3 Å². The Morgan fingerprint density at radius 1 is 1.33 bits per heavy atom. The maximum atomic E-state index is 14.3. The third-order valence-electron chi connectivity index (χ3n) is 4.16. The van der Waals surface area contributed by atoms with Crippen molar-refractivity contribution in [2.45, 2.75) is 32.2 Å². The molecule has 3 rings (SSSR count). The summed E-state index contributed by atoms with van der Waals surface area (Å²) in [6.07, 6.45) is 3.51. The molecule has 21 heavy (non-hydrogen) atoms. The summed E-state index contributed by atoms with van der Waals surface area (Å²) in [6.45, 7) is 3.67. The van der Waals surface area contributed by atoms with E-state index in [4.69, 9.17) is 4.74 Å². The maximum absolute atomic E-state index is 14.3. The molecule has 0 aliphatic heterocycles. The van der Waals surface area contributed by atoms with Crippen molar-refractivity contribution in [3.05, 3.63) is 59.2 Å². The van der Waals surface area contributed by atoms with Gasteiger partial charge in [-0.2, -0.15) is 0 Å². The standard InChI is InChI=1S/C17H18FNO2/c1-3-21-16(20)14-11-19(12(2)15(14)18)17(9-10-17)13-7-5-4-6-8-13/h4-8,11H,3,9-10H2,1-2H3. The molecule has 3 nitrogen and oxygen atoms in total. The first-order chi connectivity index (χ1) is 10.1. The Balaban J connectivity index is 2.04. The van der Waals surface area contributed by atoms with Crippen LogP contribution in [0.5, 0.6) is 0 Å². The number of hydrogen-bond donors (Lipinski definition) is 0. The molecule has 0 bridgehead atoms. The molecule has 0 unspecified atom stereocenters. The van der Waals surface area contributed by atoms with Crippen molar-refractivity contribution in [1.82, 2.24) is 4.57 Å². The van der Waals surface area contributed by atoms with Crippen molar-refractivity contribution >= 4 is 5.97 Å². The Hall–Kier alpha value is -2.10. The van der Waals surface area contributed by atoms with Crippen molar-refractivity contribution in [3.8, 4) is 0 Å². The average molecular weight is 287 g/mol. The van der Waals surface area contributed by atoms with Gasteiger partial charge in [0.05, 0.1) is 17.8 Å². The third-order valence-corrected chi connectivity index (χ3v) is 4.16. The summed E-state index contributed by atoms with van der Waals surface area (Å²) in [6, 6.07) is 10.0. The lowest BCUT2D eigenvalue weighted by Crippen LogP contribution is -2.19. The lowest BCUT2D eigenvalue weighted by Gasteiger charge is -2.20. The zero-order chi connectivity index (χ0) is 15.0. The Morgan fingerprint density at radius 2 is 2.00 bits per heavy atom.